The van der Waals surface area contributed by atoms with Crippen LogP contribution in [0, 0.1) is 40.4 Å². The SMILES string of the molecule is CC12CCCCC1CCC1C2CCC2(C)C(CCCC(=O)NCCS(=O)(=O)O)CCC12. The van der Waals surface area contributed by atoms with Gasteiger partial charge in [-0.25, -0.2) is 0 Å². The lowest BCUT2D eigenvalue weighted by Crippen LogP contribution is -2.52. The number of carbonyl (C=O) groups excluding carboxylic acids is 1. The second-order valence-electron chi connectivity index (χ2n) is 11.7. The third-order valence-electron chi connectivity index (χ3n) is 10.4. The molecule has 0 aliphatic heterocycles. The van der Waals surface area contributed by atoms with Crippen molar-refractivity contribution in [1.82, 2.24) is 5.32 Å². The van der Waals surface area contributed by atoms with Crippen LogP contribution >= 0.6 is 0 Å². The average Bonchev–Trinajstić information content (AvgIpc) is 3.03. The zero-order chi connectivity index (χ0) is 22.3. The van der Waals surface area contributed by atoms with E-state index in [9.17, 15) is 13.2 Å². The molecule has 5 nitrogen and oxygen atoms in total. The predicted molar refractivity (Wildman–Crippen MR) is 123 cm³/mol. The number of fused-ring (bicyclic) bond motifs is 5. The fourth-order valence-corrected chi connectivity index (χ4v) is 9.16. The molecule has 4 aliphatic carbocycles. The molecule has 4 rings (SSSR count). The van der Waals surface area contributed by atoms with E-state index in [2.05, 4.69) is 19.2 Å². The quantitative estimate of drug-likeness (QED) is 0.518. The fraction of sp³-hybridized carbons (Fsp3) is 0.960. The minimum atomic E-state index is -4.01. The van der Waals surface area contributed by atoms with Gasteiger partial charge in [-0.1, -0.05) is 26.7 Å². The van der Waals surface area contributed by atoms with Crippen molar-refractivity contribution < 1.29 is 17.8 Å². The van der Waals surface area contributed by atoms with Crippen LogP contribution in [0.25, 0.3) is 0 Å². The van der Waals surface area contributed by atoms with Gasteiger partial charge in [-0.05, 0) is 105 Å². The highest BCUT2D eigenvalue weighted by Crippen LogP contribution is 2.67. The first-order chi connectivity index (χ1) is 14.6. The molecule has 6 heteroatoms. The lowest BCUT2D eigenvalue weighted by molar-refractivity contribution is -0.121. The zero-order valence-electron chi connectivity index (χ0n) is 19.6. The maximum Gasteiger partial charge on any atom is 0.266 e. The summed E-state index contributed by atoms with van der Waals surface area (Å²) in [6.07, 6.45) is 16.6. The molecule has 4 fully saturated rings. The van der Waals surface area contributed by atoms with Crippen LogP contribution in [0.3, 0.4) is 0 Å². The van der Waals surface area contributed by atoms with Crippen LogP contribution in [0.15, 0.2) is 0 Å². The summed E-state index contributed by atoms with van der Waals surface area (Å²) in [5.41, 5.74) is 1.04. The standard InChI is InChI=1S/C25H43NO4S/c1-24-14-4-3-6-18(24)9-11-20-21-12-10-19(25(21,2)15-13-22(20)24)7-5-8-23(27)26-16-17-31(28,29)30/h18-22H,3-17H2,1-2H3,(H,26,27)(H,28,29,30). The maximum absolute atomic E-state index is 12.0. The van der Waals surface area contributed by atoms with E-state index in [1.54, 1.807) is 0 Å². The molecule has 0 bridgehead atoms. The summed E-state index contributed by atoms with van der Waals surface area (Å²) in [6.45, 7) is 5.19. The summed E-state index contributed by atoms with van der Waals surface area (Å²) < 4.78 is 30.3. The molecule has 0 aromatic rings. The van der Waals surface area contributed by atoms with Crippen LogP contribution in [0.4, 0.5) is 0 Å². The van der Waals surface area contributed by atoms with E-state index in [0.29, 0.717) is 17.3 Å². The molecular weight excluding hydrogens is 410 g/mol. The fourth-order valence-electron chi connectivity index (χ4n) is 8.80. The second kappa shape index (κ2) is 8.96. The van der Waals surface area contributed by atoms with E-state index in [0.717, 1.165) is 42.4 Å². The average molecular weight is 454 g/mol. The zero-order valence-corrected chi connectivity index (χ0v) is 20.4. The van der Waals surface area contributed by atoms with Crippen molar-refractivity contribution in [2.24, 2.45) is 40.4 Å². The van der Waals surface area contributed by atoms with Crippen molar-refractivity contribution in [3.05, 3.63) is 0 Å². The Balaban J connectivity index is 1.30. The lowest BCUT2D eigenvalue weighted by atomic mass is 9.45. The Bertz CT molecular complexity index is 767. The number of rotatable bonds is 7. The largest absolute Gasteiger partial charge is 0.355 e. The van der Waals surface area contributed by atoms with Crippen LogP contribution in [0.5, 0.6) is 0 Å². The van der Waals surface area contributed by atoms with Crippen LogP contribution in [-0.2, 0) is 14.9 Å². The van der Waals surface area contributed by atoms with Crippen molar-refractivity contribution >= 4 is 16.0 Å². The van der Waals surface area contributed by atoms with Gasteiger partial charge < -0.3 is 5.32 Å². The van der Waals surface area contributed by atoms with Gasteiger partial charge in [0.2, 0.25) is 5.91 Å². The van der Waals surface area contributed by atoms with E-state index >= 15 is 0 Å². The molecule has 0 aromatic heterocycles. The van der Waals surface area contributed by atoms with Gasteiger partial charge in [0.15, 0.2) is 0 Å². The monoisotopic (exact) mass is 453 g/mol. The molecule has 2 N–H and O–H groups in total. The first-order valence-corrected chi connectivity index (χ1v) is 14.5. The molecule has 0 heterocycles. The highest BCUT2D eigenvalue weighted by atomic mass is 32.2. The summed E-state index contributed by atoms with van der Waals surface area (Å²) in [7, 11) is -4.01. The smallest absolute Gasteiger partial charge is 0.266 e. The van der Waals surface area contributed by atoms with Gasteiger partial charge in [-0.15, -0.1) is 0 Å². The first-order valence-electron chi connectivity index (χ1n) is 12.9. The van der Waals surface area contributed by atoms with E-state index in [4.69, 9.17) is 4.55 Å². The van der Waals surface area contributed by atoms with Crippen molar-refractivity contribution in [2.45, 2.75) is 97.3 Å². The number of amides is 1. The van der Waals surface area contributed by atoms with Crippen LogP contribution < -0.4 is 5.32 Å². The van der Waals surface area contributed by atoms with E-state index < -0.39 is 15.9 Å². The molecule has 7 atom stereocenters. The number of nitrogens with one attached hydrogen (secondary N) is 1. The molecule has 0 spiro atoms. The molecule has 1 amide bonds. The molecule has 4 aliphatic rings. The molecule has 31 heavy (non-hydrogen) atoms. The summed E-state index contributed by atoms with van der Waals surface area (Å²) in [5.74, 6) is 3.92. The summed E-state index contributed by atoms with van der Waals surface area (Å²) in [5, 5.41) is 2.62. The van der Waals surface area contributed by atoms with Gasteiger partial charge in [0, 0.05) is 13.0 Å². The minimum Gasteiger partial charge on any atom is -0.355 e. The third kappa shape index (κ3) is 4.71. The van der Waals surface area contributed by atoms with E-state index in [-0.39, 0.29) is 12.5 Å². The number of hydrogen-bond donors (Lipinski definition) is 2. The predicted octanol–water partition coefficient (Wildman–Crippen LogP) is 5.21. The van der Waals surface area contributed by atoms with Crippen molar-refractivity contribution in [3.63, 3.8) is 0 Å². The third-order valence-corrected chi connectivity index (χ3v) is 11.1. The van der Waals surface area contributed by atoms with Gasteiger partial charge in [-0.2, -0.15) is 8.42 Å². The van der Waals surface area contributed by atoms with Gasteiger partial charge in [-0.3, -0.25) is 9.35 Å². The topological polar surface area (TPSA) is 83.5 Å². The van der Waals surface area contributed by atoms with Gasteiger partial charge in [0.25, 0.3) is 10.1 Å². The Morgan fingerprint density at radius 1 is 0.968 bits per heavy atom. The molecular formula is C25H43NO4S. The Labute approximate surface area is 189 Å². The maximum atomic E-state index is 12.0. The summed E-state index contributed by atoms with van der Waals surface area (Å²) in [4.78, 5) is 12.0. The Hall–Kier alpha value is -0.620. The molecule has 4 saturated carbocycles. The van der Waals surface area contributed by atoms with Crippen LogP contribution in [0.1, 0.15) is 97.3 Å². The minimum absolute atomic E-state index is 0.0102. The van der Waals surface area contributed by atoms with Gasteiger partial charge in [0.1, 0.15) is 0 Å². The molecule has 178 valence electrons. The van der Waals surface area contributed by atoms with Gasteiger partial charge in [0.05, 0.1) is 5.75 Å². The first kappa shape index (κ1) is 23.5. The van der Waals surface area contributed by atoms with Crippen molar-refractivity contribution in [3.8, 4) is 0 Å². The number of carbonyl (C=O) groups is 1. The van der Waals surface area contributed by atoms with Crippen molar-refractivity contribution in [2.75, 3.05) is 12.3 Å². The van der Waals surface area contributed by atoms with Crippen LogP contribution in [0.2, 0.25) is 0 Å². The molecule has 0 radical (unpaired) electrons. The lowest BCUT2D eigenvalue weighted by Gasteiger charge is -2.60. The summed E-state index contributed by atoms with van der Waals surface area (Å²) in [6, 6.07) is 0. The highest BCUT2D eigenvalue weighted by Gasteiger charge is 2.59. The van der Waals surface area contributed by atoms with Crippen LogP contribution in [-0.4, -0.2) is 31.2 Å². The Kier molecular flexibility index (Phi) is 6.81. The van der Waals surface area contributed by atoms with E-state index in [1.165, 1.54) is 64.2 Å². The second-order valence-corrected chi connectivity index (χ2v) is 13.3. The molecule has 0 saturated heterocycles. The Morgan fingerprint density at radius 2 is 1.74 bits per heavy atom. The number of hydrogen-bond acceptors (Lipinski definition) is 3. The summed E-state index contributed by atoms with van der Waals surface area (Å²) >= 11 is 0. The van der Waals surface area contributed by atoms with E-state index in [1.807, 2.05) is 0 Å². The van der Waals surface area contributed by atoms with Gasteiger partial charge >= 0.3 is 0 Å². The molecule has 7 unspecified atom stereocenters. The normalized spacial score (nSPS) is 42.4. The molecule has 0 aromatic carbocycles. The Morgan fingerprint density at radius 3 is 2.52 bits per heavy atom. The van der Waals surface area contributed by atoms with Crippen molar-refractivity contribution in [1.29, 1.82) is 0 Å². The highest BCUT2D eigenvalue weighted by molar-refractivity contribution is 7.85.